The van der Waals surface area contributed by atoms with Crippen molar-refractivity contribution in [1.29, 1.82) is 0 Å². The van der Waals surface area contributed by atoms with Crippen LogP contribution in [0.5, 0.6) is 0 Å². The van der Waals surface area contributed by atoms with Crippen molar-refractivity contribution in [2.75, 3.05) is 25.5 Å². The van der Waals surface area contributed by atoms with Crippen LogP contribution in [0.3, 0.4) is 0 Å². The lowest BCUT2D eigenvalue weighted by Gasteiger charge is -2.38. The van der Waals surface area contributed by atoms with Crippen LogP contribution in [0.25, 0.3) is 0 Å². The van der Waals surface area contributed by atoms with Crippen LogP contribution in [0.2, 0.25) is 10.0 Å². The molecule has 0 unspecified atom stereocenters. The highest BCUT2D eigenvalue weighted by Gasteiger charge is 2.34. The highest BCUT2D eigenvalue weighted by Crippen LogP contribution is 2.35. The molecule has 2 aromatic carbocycles. The van der Waals surface area contributed by atoms with Gasteiger partial charge in [-0.3, -0.25) is 4.79 Å². The van der Waals surface area contributed by atoms with E-state index < -0.39 is 0 Å². The smallest absolute Gasteiger partial charge is 0.230 e. The molecule has 144 valence electrons. The van der Waals surface area contributed by atoms with E-state index in [0.29, 0.717) is 25.5 Å². The molecule has 3 rings (SSSR count). The highest BCUT2D eigenvalue weighted by atomic mass is 35.5. The lowest BCUT2D eigenvalue weighted by atomic mass is 9.74. The van der Waals surface area contributed by atoms with E-state index in [1.165, 1.54) is 5.56 Å². The molecule has 0 aliphatic carbocycles. The Hall–Kier alpha value is -1.20. The summed E-state index contributed by atoms with van der Waals surface area (Å²) in [4.78, 5) is 12.4. The molecule has 1 amide bonds. The van der Waals surface area contributed by atoms with Crippen LogP contribution in [-0.2, 0) is 20.7 Å². The maximum Gasteiger partial charge on any atom is 0.230 e. The van der Waals surface area contributed by atoms with Crippen molar-refractivity contribution < 1.29 is 9.53 Å². The number of carbonyl (C=O) groups excluding carboxylic acids is 1. The minimum absolute atomic E-state index is 0.0573. The molecule has 6 heteroatoms. The number of rotatable bonds is 7. The van der Waals surface area contributed by atoms with Crippen molar-refractivity contribution in [3.8, 4) is 0 Å². The van der Waals surface area contributed by atoms with Crippen molar-refractivity contribution >= 4 is 40.9 Å². The van der Waals surface area contributed by atoms with Crippen molar-refractivity contribution in [1.82, 2.24) is 5.32 Å². The van der Waals surface area contributed by atoms with E-state index in [1.54, 1.807) is 11.8 Å². The van der Waals surface area contributed by atoms with Gasteiger partial charge < -0.3 is 10.1 Å². The number of carbonyl (C=O) groups is 1. The van der Waals surface area contributed by atoms with Crippen molar-refractivity contribution in [2.24, 2.45) is 0 Å². The van der Waals surface area contributed by atoms with Crippen LogP contribution in [0.1, 0.15) is 24.0 Å². The number of amides is 1. The molecular weight excluding hydrogens is 401 g/mol. The Kier molecular flexibility index (Phi) is 7.48. The second kappa shape index (κ2) is 9.83. The summed E-state index contributed by atoms with van der Waals surface area (Å²) in [6.07, 6.45) is 1.76. The SMILES string of the molecule is O=C(CSCc1ccc(Cl)cc1)NCC1(c2cccc(Cl)c2)CCOCC1. The van der Waals surface area contributed by atoms with Crippen LogP contribution in [0, 0.1) is 0 Å². The summed E-state index contributed by atoms with van der Waals surface area (Å²) in [5.41, 5.74) is 2.23. The van der Waals surface area contributed by atoms with E-state index in [-0.39, 0.29) is 11.3 Å². The van der Waals surface area contributed by atoms with E-state index in [4.69, 9.17) is 27.9 Å². The zero-order valence-electron chi connectivity index (χ0n) is 15.0. The zero-order chi connectivity index (χ0) is 19.1. The molecule has 0 aromatic heterocycles. The topological polar surface area (TPSA) is 38.3 Å². The maximum absolute atomic E-state index is 12.4. The molecule has 0 radical (unpaired) electrons. The first-order chi connectivity index (χ1) is 13.1. The molecule has 27 heavy (non-hydrogen) atoms. The Morgan fingerprint density at radius 1 is 1.07 bits per heavy atom. The summed E-state index contributed by atoms with van der Waals surface area (Å²) in [6, 6.07) is 15.7. The average molecular weight is 424 g/mol. The molecule has 0 spiro atoms. The van der Waals surface area contributed by atoms with Crippen molar-refractivity contribution in [3.05, 3.63) is 69.7 Å². The van der Waals surface area contributed by atoms with Crippen molar-refractivity contribution in [2.45, 2.75) is 24.0 Å². The van der Waals surface area contributed by atoms with E-state index in [0.717, 1.165) is 34.2 Å². The first kappa shape index (κ1) is 20.5. The summed E-state index contributed by atoms with van der Waals surface area (Å²) < 4.78 is 5.55. The fourth-order valence-electron chi connectivity index (χ4n) is 3.31. The second-order valence-electron chi connectivity index (χ2n) is 6.80. The molecule has 1 N–H and O–H groups in total. The van der Waals surface area contributed by atoms with Gasteiger partial charge in [0.1, 0.15) is 0 Å². The Morgan fingerprint density at radius 2 is 1.81 bits per heavy atom. The van der Waals surface area contributed by atoms with Gasteiger partial charge in [-0.25, -0.2) is 0 Å². The molecule has 1 heterocycles. The first-order valence-electron chi connectivity index (χ1n) is 9.00. The van der Waals surface area contributed by atoms with Crippen LogP contribution < -0.4 is 5.32 Å². The quantitative estimate of drug-likeness (QED) is 0.673. The van der Waals surface area contributed by atoms with Gasteiger partial charge in [-0.2, -0.15) is 0 Å². The molecule has 0 atom stereocenters. The maximum atomic E-state index is 12.4. The van der Waals surface area contributed by atoms with Crippen molar-refractivity contribution in [3.63, 3.8) is 0 Å². The minimum Gasteiger partial charge on any atom is -0.381 e. The van der Waals surface area contributed by atoms with Gasteiger partial charge in [0.2, 0.25) is 5.91 Å². The number of halogens is 2. The van der Waals surface area contributed by atoms with Gasteiger partial charge in [-0.05, 0) is 48.2 Å². The average Bonchev–Trinajstić information content (AvgIpc) is 2.69. The van der Waals surface area contributed by atoms with Crippen LogP contribution >= 0.6 is 35.0 Å². The first-order valence-corrected chi connectivity index (χ1v) is 10.9. The third kappa shape index (κ3) is 5.89. The van der Waals surface area contributed by atoms with E-state index in [2.05, 4.69) is 11.4 Å². The molecule has 1 aliphatic heterocycles. The molecular formula is C21H23Cl2NO2S. The monoisotopic (exact) mass is 423 g/mol. The standard InChI is InChI=1S/C21H23Cl2NO2S/c22-18-6-4-16(5-7-18)13-27-14-20(25)24-15-21(8-10-26-11-9-21)17-2-1-3-19(23)12-17/h1-7,12H,8-11,13-15H2,(H,24,25). The fraction of sp³-hybridized carbons (Fsp3) is 0.381. The lowest BCUT2D eigenvalue weighted by molar-refractivity contribution is -0.119. The number of ether oxygens (including phenoxy) is 1. The lowest BCUT2D eigenvalue weighted by Crippen LogP contribution is -2.45. The number of hydrogen-bond acceptors (Lipinski definition) is 3. The number of hydrogen-bond donors (Lipinski definition) is 1. The predicted octanol–water partition coefficient (Wildman–Crippen LogP) is 5.09. The second-order valence-corrected chi connectivity index (χ2v) is 8.66. The minimum atomic E-state index is -0.111. The number of thioether (sulfide) groups is 1. The Morgan fingerprint density at radius 3 is 2.52 bits per heavy atom. The number of benzene rings is 2. The van der Waals surface area contributed by atoms with Crippen LogP contribution in [0.15, 0.2) is 48.5 Å². The van der Waals surface area contributed by atoms with Gasteiger partial charge in [0.25, 0.3) is 0 Å². The largest absolute Gasteiger partial charge is 0.381 e. The van der Waals surface area contributed by atoms with Gasteiger partial charge in [0.15, 0.2) is 0 Å². The van der Waals surface area contributed by atoms with E-state index in [1.807, 2.05) is 42.5 Å². The molecule has 1 saturated heterocycles. The van der Waals surface area contributed by atoms with Gasteiger partial charge in [0, 0.05) is 41.0 Å². The molecule has 0 saturated carbocycles. The van der Waals surface area contributed by atoms with Gasteiger partial charge in [-0.1, -0.05) is 47.5 Å². The Balaban J connectivity index is 1.54. The van der Waals surface area contributed by atoms with E-state index in [9.17, 15) is 4.79 Å². The Labute approximate surface area is 174 Å². The summed E-state index contributed by atoms with van der Waals surface area (Å²) in [6.45, 7) is 2.01. The molecule has 1 fully saturated rings. The van der Waals surface area contributed by atoms with Gasteiger partial charge in [0.05, 0.1) is 5.75 Å². The summed E-state index contributed by atoms with van der Waals surface area (Å²) in [7, 11) is 0. The third-order valence-electron chi connectivity index (χ3n) is 4.93. The molecule has 1 aliphatic rings. The third-order valence-corrected chi connectivity index (χ3v) is 6.42. The fourth-order valence-corrected chi connectivity index (χ4v) is 4.44. The summed E-state index contributed by atoms with van der Waals surface area (Å²) in [5.74, 6) is 1.28. The summed E-state index contributed by atoms with van der Waals surface area (Å²) in [5, 5.41) is 4.58. The van der Waals surface area contributed by atoms with Crippen LogP contribution in [-0.4, -0.2) is 31.4 Å². The normalized spacial score (nSPS) is 16.1. The predicted molar refractivity (Wildman–Crippen MR) is 114 cm³/mol. The molecule has 3 nitrogen and oxygen atoms in total. The highest BCUT2D eigenvalue weighted by molar-refractivity contribution is 7.99. The van der Waals surface area contributed by atoms with Gasteiger partial charge >= 0.3 is 0 Å². The Bertz CT molecular complexity index is 761. The summed E-state index contributed by atoms with van der Waals surface area (Å²) >= 11 is 13.7. The van der Waals surface area contributed by atoms with Crippen LogP contribution in [0.4, 0.5) is 0 Å². The van der Waals surface area contributed by atoms with Gasteiger partial charge in [-0.15, -0.1) is 11.8 Å². The van der Waals surface area contributed by atoms with E-state index >= 15 is 0 Å². The zero-order valence-corrected chi connectivity index (χ0v) is 17.4. The molecule has 0 bridgehead atoms. The number of nitrogens with one attached hydrogen (secondary N) is 1. The molecule has 2 aromatic rings.